The fourth-order valence-corrected chi connectivity index (χ4v) is 3.14. The molecule has 0 bridgehead atoms. The van der Waals surface area contributed by atoms with Crippen LogP contribution >= 0.6 is 0 Å². The van der Waals surface area contributed by atoms with Crippen molar-refractivity contribution in [2.75, 3.05) is 0 Å². The molecule has 0 aliphatic rings. The molecule has 1 aromatic heterocycles. The first-order chi connectivity index (χ1) is 14.1. The van der Waals surface area contributed by atoms with E-state index in [0.717, 1.165) is 10.9 Å². The van der Waals surface area contributed by atoms with E-state index in [0.29, 0.717) is 17.2 Å². The van der Waals surface area contributed by atoms with Gasteiger partial charge in [-0.2, -0.15) is 4.57 Å². The Kier molecular flexibility index (Phi) is 4.99. The molecule has 0 spiro atoms. The summed E-state index contributed by atoms with van der Waals surface area (Å²) < 4.78 is 7.73. The molecule has 0 saturated heterocycles. The van der Waals surface area contributed by atoms with Crippen molar-refractivity contribution < 1.29 is 19.0 Å². The van der Waals surface area contributed by atoms with Crippen LogP contribution in [0.1, 0.15) is 10.4 Å². The highest BCUT2D eigenvalue weighted by molar-refractivity contribution is 5.95. The van der Waals surface area contributed by atoms with Crippen LogP contribution in [0.5, 0.6) is 11.6 Å². The molecule has 6 heteroatoms. The number of pyridine rings is 1. The number of Topliss-reactive ketones (excluding diaryl/α,β-unsaturated/α-hetero) is 1. The van der Waals surface area contributed by atoms with Crippen LogP contribution in [-0.4, -0.2) is 10.7 Å². The minimum atomic E-state index is -0.472. The van der Waals surface area contributed by atoms with Gasteiger partial charge in [-0.25, -0.2) is 0 Å². The Morgan fingerprint density at radius 3 is 2.45 bits per heavy atom. The lowest BCUT2D eigenvalue weighted by Crippen LogP contribution is -2.40. The van der Waals surface area contributed by atoms with Crippen LogP contribution in [0.2, 0.25) is 0 Å². The topological polar surface area (TPSA) is 73.3 Å². The summed E-state index contributed by atoms with van der Waals surface area (Å²) in [6.07, 6.45) is 0. The average Bonchev–Trinajstić information content (AvgIpc) is 2.76. The molecule has 1 heterocycles. The number of non-ortho nitro benzene ring substituents is 1. The van der Waals surface area contributed by atoms with E-state index in [1.807, 2.05) is 48.5 Å². The maximum atomic E-state index is 12.8. The molecule has 0 atom stereocenters. The molecule has 4 aromatic rings. The molecule has 0 fully saturated rings. The zero-order valence-corrected chi connectivity index (χ0v) is 15.4. The number of para-hydroxylation sites is 1. The molecular formula is C23H17N2O4+. The molecule has 4 rings (SSSR count). The van der Waals surface area contributed by atoms with Crippen molar-refractivity contribution in [3.63, 3.8) is 0 Å². The number of ether oxygens (including phenoxy) is 1. The second-order valence-corrected chi connectivity index (χ2v) is 6.46. The summed E-state index contributed by atoms with van der Waals surface area (Å²) in [7, 11) is 0. The maximum absolute atomic E-state index is 12.8. The van der Waals surface area contributed by atoms with Crippen LogP contribution in [0.15, 0.2) is 91.0 Å². The van der Waals surface area contributed by atoms with Gasteiger partial charge in [-0.1, -0.05) is 48.5 Å². The van der Waals surface area contributed by atoms with E-state index in [4.69, 9.17) is 4.74 Å². The van der Waals surface area contributed by atoms with Crippen molar-refractivity contribution in [1.82, 2.24) is 0 Å². The van der Waals surface area contributed by atoms with Crippen molar-refractivity contribution in [1.29, 1.82) is 0 Å². The molecular weight excluding hydrogens is 368 g/mol. The lowest BCUT2D eigenvalue weighted by Gasteiger charge is -2.08. The van der Waals surface area contributed by atoms with Gasteiger partial charge in [0.25, 0.3) is 5.69 Å². The molecule has 0 saturated carbocycles. The molecule has 0 radical (unpaired) electrons. The molecule has 6 nitrogen and oxygen atoms in total. The molecule has 29 heavy (non-hydrogen) atoms. The molecule has 0 unspecified atom stereocenters. The number of ketones is 1. The van der Waals surface area contributed by atoms with Crippen molar-refractivity contribution in [3.8, 4) is 11.6 Å². The van der Waals surface area contributed by atoms with Crippen LogP contribution in [0.25, 0.3) is 10.9 Å². The van der Waals surface area contributed by atoms with Gasteiger partial charge < -0.3 is 4.74 Å². The lowest BCUT2D eigenvalue weighted by atomic mass is 10.1. The van der Waals surface area contributed by atoms with E-state index in [1.165, 1.54) is 12.1 Å². The van der Waals surface area contributed by atoms with Crippen molar-refractivity contribution in [3.05, 3.63) is 107 Å². The number of carbonyl (C=O) groups excluding carboxylic acids is 1. The summed E-state index contributed by atoms with van der Waals surface area (Å²) >= 11 is 0. The van der Waals surface area contributed by atoms with E-state index >= 15 is 0 Å². The Bertz CT molecular complexity index is 1210. The summed E-state index contributed by atoms with van der Waals surface area (Å²) in [5.41, 5.74) is 1.38. The van der Waals surface area contributed by atoms with Crippen molar-refractivity contribution in [2.45, 2.75) is 6.54 Å². The van der Waals surface area contributed by atoms with E-state index in [9.17, 15) is 14.9 Å². The second-order valence-electron chi connectivity index (χ2n) is 6.46. The van der Waals surface area contributed by atoms with Crippen LogP contribution in [-0.2, 0) is 6.54 Å². The maximum Gasteiger partial charge on any atom is 0.374 e. The number of nitro groups is 1. The Morgan fingerprint density at radius 1 is 0.897 bits per heavy atom. The number of hydrogen-bond acceptors (Lipinski definition) is 4. The summed E-state index contributed by atoms with van der Waals surface area (Å²) in [6.45, 7) is 0.0790. The van der Waals surface area contributed by atoms with E-state index in [-0.39, 0.29) is 18.0 Å². The second kappa shape index (κ2) is 7.90. The van der Waals surface area contributed by atoms with Crippen LogP contribution in [0.3, 0.4) is 0 Å². The standard InChI is InChI=1S/C23H17N2O4/c26-22(18-8-2-1-3-9-18)16-24-21-12-5-4-7-17(21)13-14-23(24)29-20-11-6-10-19(15-20)25(27)28/h1-15H,16H2/q+1. The van der Waals surface area contributed by atoms with Crippen LogP contribution in [0.4, 0.5) is 5.69 Å². The van der Waals surface area contributed by atoms with Gasteiger partial charge in [0.05, 0.1) is 17.1 Å². The van der Waals surface area contributed by atoms with Gasteiger partial charge in [-0.15, -0.1) is 0 Å². The quantitative estimate of drug-likeness (QED) is 0.208. The van der Waals surface area contributed by atoms with E-state index < -0.39 is 4.92 Å². The first-order valence-corrected chi connectivity index (χ1v) is 9.04. The summed E-state index contributed by atoms with van der Waals surface area (Å²) in [5.74, 6) is 0.694. The highest BCUT2D eigenvalue weighted by Gasteiger charge is 2.22. The molecule has 0 amide bonds. The highest BCUT2D eigenvalue weighted by Crippen LogP contribution is 2.25. The monoisotopic (exact) mass is 385 g/mol. The van der Waals surface area contributed by atoms with Gasteiger partial charge in [0.15, 0.2) is 0 Å². The predicted molar refractivity (Wildman–Crippen MR) is 108 cm³/mol. The number of fused-ring (bicyclic) bond motifs is 1. The SMILES string of the molecule is O=C(C[n+]1c(Oc2cccc([N+](=O)[O-])c2)ccc2ccccc21)c1ccccc1. The number of rotatable bonds is 6. The normalized spacial score (nSPS) is 10.6. The van der Waals surface area contributed by atoms with E-state index in [1.54, 1.807) is 34.9 Å². The summed E-state index contributed by atoms with van der Waals surface area (Å²) in [5, 5.41) is 12.0. The number of nitrogens with zero attached hydrogens (tertiary/aromatic N) is 2. The first-order valence-electron chi connectivity index (χ1n) is 9.04. The van der Waals surface area contributed by atoms with Gasteiger partial charge in [-0.3, -0.25) is 14.9 Å². The number of benzene rings is 3. The largest absolute Gasteiger partial charge is 0.405 e. The number of hydrogen-bond donors (Lipinski definition) is 0. The molecule has 142 valence electrons. The zero-order chi connectivity index (χ0) is 20.2. The van der Waals surface area contributed by atoms with Gasteiger partial charge in [0.2, 0.25) is 17.8 Å². The highest BCUT2D eigenvalue weighted by atomic mass is 16.6. The number of carbonyl (C=O) groups is 1. The lowest BCUT2D eigenvalue weighted by molar-refractivity contribution is -0.661. The zero-order valence-electron chi connectivity index (χ0n) is 15.4. The first kappa shape index (κ1) is 18.3. The van der Waals surface area contributed by atoms with Crippen LogP contribution < -0.4 is 9.30 Å². The minimum absolute atomic E-state index is 0.0594. The fraction of sp³-hybridized carbons (Fsp3) is 0.0435. The smallest absolute Gasteiger partial charge is 0.374 e. The molecule has 0 aliphatic carbocycles. The third-order valence-corrected chi connectivity index (χ3v) is 4.55. The summed E-state index contributed by atoms with van der Waals surface area (Å²) in [4.78, 5) is 23.4. The third kappa shape index (κ3) is 3.96. The fourth-order valence-electron chi connectivity index (χ4n) is 3.14. The average molecular weight is 385 g/mol. The van der Waals surface area contributed by atoms with Gasteiger partial charge >= 0.3 is 5.88 Å². The Hall–Kier alpha value is -4.06. The molecule has 0 N–H and O–H groups in total. The number of nitro benzene ring substituents is 1. The van der Waals surface area contributed by atoms with Crippen LogP contribution in [0, 0.1) is 10.1 Å². The minimum Gasteiger partial charge on any atom is -0.405 e. The Morgan fingerprint density at radius 2 is 1.66 bits per heavy atom. The van der Waals surface area contributed by atoms with Crippen molar-refractivity contribution >= 4 is 22.4 Å². The Balaban J connectivity index is 1.76. The Labute approximate surface area is 166 Å². The molecule has 3 aromatic carbocycles. The third-order valence-electron chi connectivity index (χ3n) is 4.55. The van der Waals surface area contributed by atoms with Gasteiger partial charge in [0.1, 0.15) is 5.75 Å². The summed E-state index contributed by atoms with van der Waals surface area (Å²) in [6, 6.07) is 26.4. The number of aromatic nitrogens is 1. The van der Waals surface area contributed by atoms with E-state index in [2.05, 4.69) is 0 Å². The molecule has 0 aliphatic heterocycles. The van der Waals surface area contributed by atoms with Crippen molar-refractivity contribution in [2.24, 2.45) is 0 Å². The van der Waals surface area contributed by atoms with Gasteiger partial charge in [-0.05, 0) is 18.2 Å². The van der Waals surface area contributed by atoms with Gasteiger partial charge in [0, 0.05) is 23.1 Å². The predicted octanol–water partition coefficient (Wildman–Crippen LogP) is 4.71.